The first-order chi connectivity index (χ1) is 10.8. The van der Waals surface area contributed by atoms with E-state index in [2.05, 4.69) is 31.9 Å². The molecule has 0 aromatic rings. The minimum Gasteiger partial charge on any atom is -0.481 e. The Kier molecular flexibility index (Phi) is 4.29. The molecule has 1 aliphatic heterocycles. The molecule has 3 aliphatic rings. The van der Waals surface area contributed by atoms with Crippen LogP contribution >= 0.6 is 31.9 Å². The number of hydrogen-bond acceptors (Lipinski definition) is 4. The van der Waals surface area contributed by atoms with Gasteiger partial charge in [-0.2, -0.15) is 0 Å². The Morgan fingerprint density at radius 1 is 1.09 bits per heavy atom. The van der Waals surface area contributed by atoms with Crippen molar-refractivity contribution in [1.82, 2.24) is 4.90 Å². The Balaban J connectivity index is 1.87. The van der Waals surface area contributed by atoms with Crippen molar-refractivity contribution in [3.05, 3.63) is 0 Å². The summed E-state index contributed by atoms with van der Waals surface area (Å²) in [5.74, 6) is -4.39. The Bertz CT molecular complexity index is 564. The number of carbonyl (C=O) groups is 4. The third kappa shape index (κ3) is 2.43. The second-order valence-corrected chi connectivity index (χ2v) is 8.45. The van der Waals surface area contributed by atoms with Gasteiger partial charge in [-0.25, -0.2) is 4.79 Å². The number of rotatable bonds is 5. The van der Waals surface area contributed by atoms with Gasteiger partial charge in [-0.05, 0) is 24.7 Å². The highest BCUT2D eigenvalue weighted by Crippen LogP contribution is 2.60. The number of nitrogens with zero attached hydrogens (tertiary/aromatic N) is 1. The fourth-order valence-electron chi connectivity index (χ4n) is 4.30. The summed E-state index contributed by atoms with van der Waals surface area (Å²) in [5, 5.41) is 18.1. The van der Waals surface area contributed by atoms with E-state index in [-0.39, 0.29) is 27.9 Å². The average Bonchev–Trinajstić information content (AvgIpc) is 3.06. The third-order valence-electron chi connectivity index (χ3n) is 5.25. The normalized spacial score (nSPS) is 39.7. The molecule has 0 unspecified atom stereocenters. The van der Waals surface area contributed by atoms with Gasteiger partial charge in [0.25, 0.3) is 0 Å². The van der Waals surface area contributed by atoms with Gasteiger partial charge >= 0.3 is 11.9 Å². The lowest BCUT2D eigenvalue weighted by atomic mass is 9.81. The van der Waals surface area contributed by atoms with Gasteiger partial charge in [0.05, 0.1) is 11.8 Å². The number of alkyl halides is 2. The number of likely N-dealkylation sites (tertiary alicyclic amines) is 1. The first kappa shape index (κ1) is 16.9. The first-order valence-corrected chi connectivity index (χ1v) is 9.18. The molecule has 2 saturated carbocycles. The molecule has 3 rings (SSSR count). The second kappa shape index (κ2) is 5.84. The van der Waals surface area contributed by atoms with E-state index in [0.29, 0.717) is 0 Å². The molecule has 7 atom stereocenters. The van der Waals surface area contributed by atoms with E-state index >= 15 is 0 Å². The van der Waals surface area contributed by atoms with E-state index in [1.54, 1.807) is 0 Å². The number of carboxylic acids is 2. The molecule has 0 radical (unpaired) electrons. The number of carboxylic acid groups (broad SMARTS) is 2. The molecule has 2 aliphatic carbocycles. The predicted octanol–water partition coefficient (Wildman–Crippen LogP) is 1.08. The van der Waals surface area contributed by atoms with Gasteiger partial charge in [-0.15, -0.1) is 0 Å². The minimum absolute atomic E-state index is 0.00439. The van der Waals surface area contributed by atoms with Crippen molar-refractivity contribution in [1.29, 1.82) is 0 Å². The van der Waals surface area contributed by atoms with Gasteiger partial charge in [0, 0.05) is 16.1 Å². The van der Waals surface area contributed by atoms with Gasteiger partial charge in [-0.3, -0.25) is 19.3 Å². The number of fused-ring (bicyclic) bond motifs is 5. The van der Waals surface area contributed by atoms with Crippen LogP contribution < -0.4 is 0 Å². The maximum absolute atomic E-state index is 12.7. The molecule has 2 amide bonds. The van der Waals surface area contributed by atoms with Crippen LogP contribution in [0.5, 0.6) is 0 Å². The van der Waals surface area contributed by atoms with Crippen LogP contribution in [0.2, 0.25) is 0 Å². The van der Waals surface area contributed by atoms with Gasteiger partial charge in [0.1, 0.15) is 6.04 Å². The van der Waals surface area contributed by atoms with Crippen LogP contribution in [-0.2, 0) is 19.2 Å². The van der Waals surface area contributed by atoms with Crippen LogP contribution in [0.1, 0.15) is 19.3 Å². The summed E-state index contributed by atoms with van der Waals surface area (Å²) in [5.41, 5.74) is 0. The fourth-order valence-corrected chi connectivity index (χ4v) is 6.18. The molecule has 2 bridgehead atoms. The lowest BCUT2D eigenvalue weighted by Crippen LogP contribution is -2.46. The molecule has 9 heteroatoms. The van der Waals surface area contributed by atoms with E-state index in [0.717, 1.165) is 11.3 Å². The highest BCUT2D eigenvalue weighted by atomic mass is 79.9. The summed E-state index contributed by atoms with van der Waals surface area (Å²) in [4.78, 5) is 48.5. The summed E-state index contributed by atoms with van der Waals surface area (Å²) >= 11 is 7.11. The second-order valence-electron chi connectivity index (χ2n) is 6.34. The summed E-state index contributed by atoms with van der Waals surface area (Å²) in [6.45, 7) is 0. The number of imide groups is 1. The van der Waals surface area contributed by atoms with E-state index in [1.807, 2.05) is 0 Å². The van der Waals surface area contributed by atoms with Crippen LogP contribution in [-0.4, -0.2) is 54.6 Å². The van der Waals surface area contributed by atoms with Crippen LogP contribution in [0.3, 0.4) is 0 Å². The number of halogens is 2. The van der Waals surface area contributed by atoms with Crippen LogP contribution in [0.15, 0.2) is 0 Å². The highest BCUT2D eigenvalue weighted by Gasteiger charge is 2.67. The maximum Gasteiger partial charge on any atom is 0.326 e. The van der Waals surface area contributed by atoms with E-state index in [9.17, 15) is 24.3 Å². The zero-order valence-corrected chi connectivity index (χ0v) is 15.1. The molecule has 2 N–H and O–H groups in total. The molecular formula is C14H15Br2NO6. The third-order valence-corrected chi connectivity index (χ3v) is 8.46. The number of carbonyl (C=O) groups excluding carboxylic acids is 2. The zero-order valence-electron chi connectivity index (χ0n) is 11.9. The quantitative estimate of drug-likeness (QED) is 0.476. The smallest absolute Gasteiger partial charge is 0.326 e. The SMILES string of the molecule is O=C(O)CC[C@H](C(=O)O)N1C(=O)[C@@H]2[C@@H]3C[C@@H]([C@H](Br)[C@@H]3Br)[C@@H]2C1=O. The molecule has 23 heavy (non-hydrogen) atoms. The number of hydrogen-bond donors (Lipinski definition) is 2. The predicted molar refractivity (Wildman–Crippen MR) is 84.2 cm³/mol. The molecule has 7 nitrogen and oxygen atoms in total. The Hall–Kier alpha value is -0.960. The van der Waals surface area contributed by atoms with Crippen LogP contribution in [0.4, 0.5) is 0 Å². The summed E-state index contributed by atoms with van der Waals surface area (Å²) in [6.07, 6.45) is 0.0874. The Labute approximate surface area is 148 Å². The molecule has 3 fully saturated rings. The molecule has 0 aromatic carbocycles. The van der Waals surface area contributed by atoms with Crippen molar-refractivity contribution < 1.29 is 29.4 Å². The fraction of sp³-hybridized carbons (Fsp3) is 0.714. The average molecular weight is 453 g/mol. The lowest BCUT2D eigenvalue weighted by molar-refractivity contribution is -0.156. The largest absolute Gasteiger partial charge is 0.481 e. The van der Waals surface area contributed by atoms with E-state index < -0.39 is 48.1 Å². The summed E-state index contributed by atoms with van der Waals surface area (Å²) in [7, 11) is 0. The molecule has 0 aromatic heterocycles. The van der Waals surface area contributed by atoms with E-state index in [4.69, 9.17) is 5.11 Å². The van der Waals surface area contributed by atoms with E-state index in [1.165, 1.54) is 0 Å². The number of amides is 2. The Morgan fingerprint density at radius 2 is 1.57 bits per heavy atom. The molecule has 1 heterocycles. The molecule has 1 saturated heterocycles. The van der Waals surface area contributed by atoms with Crippen molar-refractivity contribution >= 4 is 55.6 Å². The van der Waals surface area contributed by atoms with Crippen molar-refractivity contribution in [2.75, 3.05) is 0 Å². The van der Waals surface area contributed by atoms with Gasteiger partial charge in [-0.1, -0.05) is 31.9 Å². The van der Waals surface area contributed by atoms with Gasteiger partial charge < -0.3 is 10.2 Å². The topological polar surface area (TPSA) is 112 Å². The van der Waals surface area contributed by atoms with Crippen molar-refractivity contribution in [3.63, 3.8) is 0 Å². The van der Waals surface area contributed by atoms with Crippen LogP contribution in [0.25, 0.3) is 0 Å². The standard InChI is InChI=1S/C14H15Br2NO6/c15-10-4-3-5(11(10)16)9-8(4)12(20)17(13(9)21)6(14(22)23)1-2-7(18)19/h4-6,8-11H,1-3H2,(H,18,19)(H,22,23)/t4-,5+,6-,8+,9-,10+,11-/m1/s1. The van der Waals surface area contributed by atoms with Crippen molar-refractivity contribution in [3.8, 4) is 0 Å². The summed E-state index contributed by atoms with van der Waals surface area (Å²) in [6, 6.07) is -1.40. The highest BCUT2D eigenvalue weighted by molar-refractivity contribution is 9.12. The monoisotopic (exact) mass is 451 g/mol. The minimum atomic E-state index is -1.40. The summed E-state index contributed by atoms with van der Waals surface area (Å²) < 4.78 is 0. The van der Waals surface area contributed by atoms with Gasteiger partial charge in [0.15, 0.2) is 0 Å². The van der Waals surface area contributed by atoms with Crippen molar-refractivity contribution in [2.24, 2.45) is 23.7 Å². The van der Waals surface area contributed by atoms with Crippen LogP contribution in [0, 0.1) is 23.7 Å². The zero-order chi connectivity index (χ0) is 17.0. The molecule has 126 valence electrons. The van der Waals surface area contributed by atoms with Gasteiger partial charge in [0.2, 0.25) is 11.8 Å². The number of aliphatic carboxylic acids is 2. The molecular weight excluding hydrogens is 438 g/mol. The lowest BCUT2D eigenvalue weighted by Gasteiger charge is -2.28. The molecule has 0 spiro atoms. The first-order valence-electron chi connectivity index (χ1n) is 7.35. The maximum atomic E-state index is 12.7. The van der Waals surface area contributed by atoms with Crippen molar-refractivity contribution in [2.45, 2.75) is 35.0 Å². The Morgan fingerprint density at radius 3 is 1.96 bits per heavy atom.